The standard InChI is InChI=1S/C17H23N5O2S/c1-24-15-9-5-2-6-13(15)10-18-17(23)12-25-11-16-19-20-21-22(16)14-7-3-4-8-14/h2,5-6,9,14H,3-4,7-8,10-12H2,1H3,(H,18,23). The van der Waals surface area contributed by atoms with Gasteiger partial charge in [-0.2, -0.15) is 0 Å². The van der Waals surface area contributed by atoms with Crippen LogP contribution in [-0.2, 0) is 17.1 Å². The van der Waals surface area contributed by atoms with E-state index in [1.165, 1.54) is 24.6 Å². The molecule has 1 aromatic carbocycles. The maximum atomic E-state index is 12.1. The molecule has 7 nitrogen and oxygen atoms in total. The Morgan fingerprint density at radius 1 is 1.36 bits per heavy atom. The van der Waals surface area contributed by atoms with Gasteiger partial charge in [0.25, 0.3) is 0 Å². The molecule has 8 heteroatoms. The molecule has 0 radical (unpaired) electrons. The largest absolute Gasteiger partial charge is 0.496 e. The minimum atomic E-state index is -0.00389. The number of hydrogen-bond donors (Lipinski definition) is 1. The lowest BCUT2D eigenvalue weighted by Gasteiger charge is -2.11. The van der Waals surface area contributed by atoms with Crippen molar-refractivity contribution in [2.75, 3.05) is 12.9 Å². The fourth-order valence-corrected chi connectivity index (χ4v) is 3.83. The highest BCUT2D eigenvalue weighted by molar-refractivity contribution is 7.99. The summed E-state index contributed by atoms with van der Waals surface area (Å²) in [5, 5.41) is 14.9. The second-order valence-electron chi connectivity index (χ2n) is 6.06. The van der Waals surface area contributed by atoms with E-state index >= 15 is 0 Å². The van der Waals surface area contributed by atoms with Crippen molar-refractivity contribution < 1.29 is 9.53 Å². The van der Waals surface area contributed by atoms with E-state index < -0.39 is 0 Å². The highest BCUT2D eigenvalue weighted by Crippen LogP contribution is 2.29. The average molecular weight is 361 g/mol. The van der Waals surface area contributed by atoms with Crippen molar-refractivity contribution >= 4 is 17.7 Å². The number of ether oxygens (including phenoxy) is 1. The van der Waals surface area contributed by atoms with Crippen molar-refractivity contribution in [3.63, 3.8) is 0 Å². The second-order valence-corrected chi connectivity index (χ2v) is 7.04. The summed E-state index contributed by atoms with van der Waals surface area (Å²) in [6, 6.07) is 8.10. The minimum absolute atomic E-state index is 0.00389. The van der Waals surface area contributed by atoms with Gasteiger partial charge in [0.2, 0.25) is 5.91 Å². The molecule has 1 saturated carbocycles. The second kappa shape index (κ2) is 8.84. The van der Waals surface area contributed by atoms with Crippen LogP contribution < -0.4 is 10.1 Å². The topological polar surface area (TPSA) is 81.9 Å². The fraction of sp³-hybridized carbons (Fsp3) is 0.529. The Morgan fingerprint density at radius 3 is 2.96 bits per heavy atom. The molecule has 0 spiro atoms. The Kier molecular flexibility index (Phi) is 6.27. The number of rotatable bonds is 8. The highest BCUT2D eigenvalue weighted by atomic mass is 32.2. The average Bonchev–Trinajstić information content (AvgIpc) is 3.31. The molecule has 0 bridgehead atoms. The van der Waals surface area contributed by atoms with Gasteiger partial charge < -0.3 is 10.1 Å². The molecule has 2 aromatic rings. The number of thioether (sulfide) groups is 1. The van der Waals surface area contributed by atoms with E-state index in [0.717, 1.165) is 30.0 Å². The van der Waals surface area contributed by atoms with E-state index in [1.54, 1.807) is 7.11 Å². The van der Waals surface area contributed by atoms with Crippen LogP contribution in [0, 0.1) is 0 Å². The maximum Gasteiger partial charge on any atom is 0.230 e. The zero-order valence-electron chi connectivity index (χ0n) is 14.4. The molecule has 1 aliphatic rings. The van der Waals surface area contributed by atoms with E-state index in [9.17, 15) is 4.79 Å². The molecule has 25 heavy (non-hydrogen) atoms. The Hall–Kier alpha value is -2.09. The van der Waals surface area contributed by atoms with Gasteiger partial charge in [-0.05, 0) is 29.3 Å². The van der Waals surface area contributed by atoms with Crippen molar-refractivity contribution in [2.24, 2.45) is 0 Å². The van der Waals surface area contributed by atoms with Gasteiger partial charge in [0.15, 0.2) is 5.82 Å². The van der Waals surface area contributed by atoms with Crippen molar-refractivity contribution in [3.8, 4) is 5.75 Å². The van der Waals surface area contributed by atoms with Gasteiger partial charge in [-0.15, -0.1) is 16.9 Å². The number of aromatic nitrogens is 4. The third-order valence-corrected chi connectivity index (χ3v) is 5.29. The van der Waals surface area contributed by atoms with Gasteiger partial charge in [-0.25, -0.2) is 4.68 Å². The molecule has 0 aliphatic heterocycles. The minimum Gasteiger partial charge on any atom is -0.496 e. The predicted octanol–water partition coefficient (Wildman–Crippen LogP) is 2.35. The first-order valence-corrected chi connectivity index (χ1v) is 9.66. The van der Waals surface area contributed by atoms with Crippen LogP contribution in [-0.4, -0.2) is 39.0 Å². The SMILES string of the molecule is COc1ccccc1CNC(=O)CSCc1nnnn1C1CCCC1. The molecular formula is C17H23N5O2S. The van der Waals surface area contributed by atoms with Crippen LogP contribution in [0.2, 0.25) is 0 Å². The van der Waals surface area contributed by atoms with Crippen LogP contribution in [0.15, 0.2) is 24.3 Å². The normalized spacial score (nSPS) is 14.6. The predicted molar refractivity (Wildman–Crippen MR) is 96.3 cm³/mol. The zero-order chi connectivity index (χ0) is 17.5. The van der Waals surface area contributed by atoms with Crippen LogP contribution in [0.5, 0.6) is 5.75 Å². The number of tetrazole rings is 1. The lowest BCUT2D eigenvalue weighted by atomic mass is 10.2. The number of nitrogens with zero attached hydrogens (tertiary/aromatic N) is 4. The summed E-state index contributed by atoms with van der Waals surface area (Å²) in [6.45, 7) is 0.462. The monoisotopic (exact) mass is 361 g/mol. The van der Waals surface area contributed by atoms with Gasteiger partial charge in [0.05, 0.1) is 24.7 Å². The number of benzene rings is 1. The van der Waals surface area contributed by atoms with Crippen LogP contribution in [0.25, 0.3) is 0 Å². The smallest absolute Gasteiger partial charge is 0.230 e. The van der Waals surface area contributed by atoms with Gasteiger partial charge in [-0.3, -0.25) is 4.79 Å². The number of carbonyl (C=O) groups is 1. The molecule has 0 saturated heterocycles. The molecule has 1 aliphatic carbocycles. The maximum absolute atomic E-state index is 12.1. The van der Waals surface area contributed by atoms with Gasteiger partial charge in [-0.1, -0.05) is 31.0 Å². The number of carbonyl (C=O) groups excluding carboxylic acids is 1. The van der Waals surface area contributed by atoms with Crippen molar-refractivity contribution in [3.05, 3.63) is 35.7 Å². The van der Waals surface area contributed by atoms with Crippen molar-refractivity contribution in [1.82, 2.24) is 25.5 Å². The Labute approximate surface area is 151 Å². The third kappa shape index (κ3) is 4.72. The van der Waals surface area contributed by atoms with Crippen LogP contribution in [0.3, 0.4) is 0 Å². The molecule has 3 rings (SSSR count). The summed E-state index contributed by atoms with van der Waals surface area (Å²) in [6.07, 6.45) is 4.76. The Balaban J connectivity index is 1.43. The van der Waals surface area contributed by atoms with E-state index in [4.69, 9.17) is 4.74 Å². The number of hydrogen-bond acceptors (Lipinski definition) is 6. The van der Waals surface area contributed by atoms with Crippen LogP contribution in [0.4, 0.5) is 0 Å². The lowest BCUT2D eigenvalue weighted by Crippen LogP contribution is -2.25. The number of nitrogens with one attached hydrogen (secondary N) is 1. The van der Waals surface area contributed by atoms with E-state index in [0.29, 0.717) is 24.1 Å². The number of amides is 1. The molecular weight excluding hydrogens is 338 g/mol. The summed E-state index contributed by atoms with van der Waals surface area (Å²) in [7, 11) is 1.63. The van der Waals surface area contributed by atoms with Gasteiger partial charge in [0, 0.05) is 12.1 Å². The molecule has 1 N–H and O–H groups in total. The highest BCUT2D eigenvalue weighted by Gasteiger charge is 2.21. The number of methoxy groups -OCH3 is 1. The van der Waals surface area contributed by atoms with E-state index in [-0.39, 0.29) is 5.91 Å². The summed E-state index contributed by atoms with van der Waals surface area (Å²) in [5.41, 5.74) is 0.966. The van der Waals surface area contributed by atoms with Gasteiger partial charge in [0.1, 0.15) is 5.75 Å². The molecule has 1 fully saturated rings. The first kappa shape index (κ1) is 17.7. The van der Waals surface area contributed by atoms with Crippen LogP contribution in [0.1, 0.15) is 43.1 Å². The van der Waals surface area contributed by atoms with Crippen molar-refractivity contribution in [1.29, 1.82) is 0 Å². The Morgan fingerprint density at radius 2 is 2.16 bits per heavy atom. The molecule has 134 valence electrons. The van der Waals surface area contributed by atoms with Crippen molar-refractivity contribution in [2.45, 2.75) is 44.0 Å². The summed E-state index contributed by atoms with van der Waals surface area (Å²) in [4.78, 5) is 12.1. The molecule has 1 heterocycles. The molecule has 1 amide bonds. The lowest BCUT2D eigenvalue weighted by molar-refractivity contribution is -0.118. The molecule has 0 unspecified atom stereocenters. The first-order valence-electron chi connectivity index (χ1n) is 8.51. The van der Waals surface area contributed by atoms with Crippen LogP contribution >= 0.6 is 11.8 Å². The number of para-hydroxylation sites is 1. The zero-order valence-corrected chi connectivity index (χ0v) is 15.2. The fourth-order valence-electron chi connectivity index (χ4n) is 3.07. The summed E-state index contributed by atoms with van der Waals surface area (Å²) < 4.78 is 7.23. The third-order valence-electron chi connectivity index (χ3n) is 4.36. The molecule has 0 atom stereocenters. The Bertz CT molecular complexity index is 700. The first-order chi connectivity index (χ1) is 12.3. The van der Waals surface area contributed by atoms with E-state index in [1.807, 2.05) is 28.9 Å². The summed E-state index contributed by atoms with van der Waals surface area (Å²) in [5.74, 6) is 2.66. The molecule has 1 aromatic heterocycles. The van der Waals surface area contributed by atoms with E-state index in [2.05, 4.69) is 20.8 Å². The summed E-state index contributed by atoms with van der Waals surface area (Å²) >= 11 is 1.53. The van der Waals surface area contributed by atoms with Gasteiger partial charge >= 0.3 is 0 Å². The quantitative estimate of drug-likeness (QED) is 0.777.